The Morgan fingerprint density at radius 1 is 1.21 bits per heavy atom. The van der Waals surface area contributed by atoms with E-state index in [1.807, 2.05) is 60.2 Å². The number of benzene rings is 1. The van der Waals surface area contributed by atoms with E-state index in [1.54, 1.807) is 7.11 Å². The van der Waals surface area contributed by atoms with Crippen LogP contribution in [0.1, 0.15) is 0 Å². The number of imidazole rings is 1. The summed E-state index contributed by atoms with van der Waals surface area (Å²) in [7, 11) is 3.57. The Morgan fingerprint density at radius 3 is 2.89 bits per heavy atom. The van der Waals surface area contributed by atoms with Crippen LogP contribution < -0.4 is 10.1 Å². The van der Waals surface area contributed by atoms with Crippen LogP contribution in [0.15, 0.2) is 48.8 Å². The van der Waals surface area contributed by atoms with Crippen LogP contribution in [0.5, 0.6) is 5.75 Å². The molecule has 0 saturated heterocycles. The van der Waals surface area contributed by atoms with Gasteiger partial charge in [-0.15, -0.1) is 0 Å². The summed E-state index contributed by atoms with van der Waals surface area (Å²) in [6.07, 6.45) is 4.02. The summed E-state index contributed by atoms with van der Waals surface area (Å²) in [6, 6.07) is 12.0. The average Bonchev–Trinajstić information content (AvgIpc) is 2.90. The second-order valence-corrected chi connectivity index (χ2v) is 4.29. The van der Waals surface area contributed by atoms with Crippen molar-refractivity contribution in [2.24, 2.45) is 0 Å². The van der Waals surface area contributed by atoms with E-state index in [2.05, 4.69) is 10.3 Å². The number of aromatic nitrogens is 2. The maximum absolute atomic E-state index is 5.24. The van der Waals surface area contributed by atoms with Crippen molar-refractivity contribution in [2.45, 2.75) is 0 Å². The highest BCUT2D eigenvalue weighted by Gasteiger charge is 2.05. The first kappa shape index (κ1) is 11.6. The lowest BCUT2D eigenvalue weighted by atomic mass is 10.1. The van der Waals surface area contributed by atoms with Gasteiger partial charge in [0.05, 0.1) is 12.8 Å². The van der Waals surface area contributed by atoms with Crippen molar-refractivity contribution in [3.8, 4) is 17.0 Å². The number of methoxy groups -OCH3 is 1. The lowest BCUT2D eigenvalue weighted by molar-refractivity contribution is 0.415. The largest absolute Gasteiger partial charge is 0.497 e. The maximum atomic E-state index is 5.24. The van der Waals surface area contributed by atoms with Gasteiger partial charge in [0.2, 0.25) is 0 Å². The van der Waals surface area contributed by atoms with Gasteiger partial charge in [0.25, 0.3) is 0 Å². The van der Waals surface area contributed by atoms with Crippen molar-refractivity contribution in [3.63, 3.8) is 0 Å². The van der Waals surface area contributed by atoms with Crippen LogP contribution in [0, 0.1) is 0 Å². The molecular weight excluding hydrogens is 238 g/mol. The zero-order valence-electron chi connectivity index (χ0n) is 10.9. The van der Waals surface area contributed by atoms with Crippen LogP contribution in [0.4, 0.5) is 5.69 Å². The Morgan fingerprint density at radius 2 is 2.11 bits per heavy atom. The summed E-state index contributed by atoms with van der Waals surface area (Å²) in [6.45, 7) is 0. The van der Waals surface area contributed by atoms with E-state index in [-0.39, 0.29) is 0 Å². The number of fused-ring (bicyclic) bond motifs is 1. The summed E-state index contributed by atoms with van der Waals surface area (Å²) < 4.78 is 7.25. The zero-order chi connectivity index (χ0) is 13.2. The van der Waals surface area contributed by atoms with Crippen molar-refractivity contribution in [2.75, 3.05) is 19.5 Å². The molecule has 0 aliphatic rings. The number of ether oxygens (including phenoxy) is 1. The molecule has 0 aliphatic carbocycles. The van der Waals surface area contributed by atoms with Crippen LogP contribution in [-0.4, -0.2) is 23.5 Å². The summed E-state index contributed by atoms with van der Waals surface area (Å²) in [4.78, 5) is 4.63. The Labute approximate surface area is 111 Å². The predicted octanol–water partition coefficient (Wildman–Crippen LogP) is 3.05. The van der Waals surface area contributed by atoms with E-state index in [4.69, 9.17) is 4.74 Å². The van der Waals surface area contributed by atoms with Gasteiger partial charge < -0.3 is 14.5 Å². The van der Waals surface area contributed by atoms with Crippen LogP contribution >= 0.6 is 0 Å². The quantitative estimate of drug-likeness (QED) is 0.779. The van der Waals surface area contributed by atoms with Gasteiger partial charge in [0.1, 0.15) is 11.4 Å². The van der Waals surface area contributed by atoms with E-state index in [1.165, 1.54) is 0 Å². The van der Waals surface area contributed by atoms with Crippen molar-refractivity contribution < 1.29 is 4.74 Å². The molecule has 0 saturated carbocycles. The molecule has 4 heteroatoms. The van der Waals surface area contributed by atoms with Gasteiger partial charge >= 0.3 is 0 Å². The standard InChI is InChI=1S/C15H15N3O/c1-16-12-6-7-18-10-14(17-15(18)9-12)11-4-3-5-13(8-11)19-2/h3-10,16H,1-2H3. The smallest absolute Gasteiger partial charge is 0.139 e. The van der Waals surface area contributed by atoms with E-state index in [0.717, 1.165) is 28.3 Å². The minimum absolute atomic E-state index is 0.838. The van der Waals surface area contributed by atoms with Gasteiger partial charge in [0.15, 0.2) is 0 Å². The second-order valence-electron chi connectivity index (χ2n) is 4.29. The monoisotopic (exact) mass is 253 g/mol. The SMILES string of the molecule is CNc1ccn2cc(-c3cccc(OC)c3)nc2c1. The molecule has 0 amide bonds. The Balaban J connectivity index is 2.09. The first-order valence-electron chi connectivity index (χ1n) is 6.11. The van der Waals surface area contributed by atoms with Gasteiger partial charge in [-0.25, -0.2) is 4.98 Å². The molecule has 1 N–H and O–H groups in total. The fourth-order valence-electron chi connectivity index (χ4n) is 2.06. The number of hydrogen-bond acceptors (Lipinski definition) is 3. The number of anilines is 1. The van der Waals surface area contributed by atoms with Gasteiger partial charge in [-0.05, 0) is 18.2 Å². The minimum atomic E-state index is 0.838. The Kier molecular flexibility index (Phi) is 2.83. The van der Waals surface area contributed by atoms with Crippen LogP contribution in [-0.2, 0) is 0 Å². The Bertz CT molecular complexity index is 718. The van der Waals surface area contributed by atoms with Crippen molar-refractivity contribution >= 4 is 11.3 Å². The molecule has 0 fully saturated rings. The van der Waals surface area contributed by atoms with Gasteiger partial charge in [-0.1, -0.05) is 12.1 Å². The lowest BCUT2D eigenvalue weighted by Crippen LogP contribution is -1.89. The molecule has 0 aliphatic heterocycles. The topological polar surface area (TPSA) is 38.6 Å². The van der Waals surface area contributed by atoms with Gasteiger partial charge in [-0.3, -0.25) is 0 Å². The normalized spacial score (nSPS) is 10.6. The highest BCUT2D eigenvalue weighted by Crippen LogP contribution is 2.24. The summed E-state index contributed by atoms with van der Waals surface area (Å²) in [5.41, 5.74) is 3.96. The number of nitrogens with zero attached hydrogens (tertiary/aromatic N) is 2. The third-order valence-corrected chi connectivity index (χ3v) is 3.11. The Hall–Kier alpha value is -2.49. The van der Waals surface area contributed by atoms with Crippen molar-refractivity contribution in [1.29, 1.82) is 0 Å². The number of nitrogens with one attached hydrogen (secondary N) is 1. The molecule has 96 valence electrons. The van der Waals surface area contributed by atoms with Crippen molar-refractivity contribution in [3.05, 3.63) is 48.8 Å². The molecular formula is C15H15N3O. The van der Waals surface area contributed by atoms with Crippen LogP contribution in [0.25, 0.3) is 16.9 Å². The lowest BCUT2D eigenvalue weighted by Gasteiger charge is -2.00. The molecule has 19 heavy (non-hydrogen) atoms. The highest BCUT2D eigenvalue weighted by molar-refractivity contribution is 5.66. The van der Waals surface area contributed by atoms with E-state index < -0.39 is 0 Å². The fraction of sp³-hybridized carbons (Fsp3) is 0.133. The number of hydrogen-bond donors (Lipinski definition) is 1. The predicted molar refractivity (Wildman–Crippen MR) is 76.7 cm³/mol. The summed E-state index contributed by atoms with van der Waals surface area (Å²) >= 11 is 0. The second kappa shape index (κ2) is 4.65. The van der Waals surface area contributed by atoms with Crippen molar-refractivity contribution in [1.82, 2.24) is 9.38 Å². The number of pyridine rings is 1. The molecule has 0 spiro atoms. The molecule has 3 rings (SSSR count). The zero-order valence-corrected chi connectivity index (χ0v) is 10.9. The molecule has 4 nitrogen and oxygen atoms in total. The van der Waals surface area contributed by atoms with Crippen LogP contribution in [0.3, 0.4) is 0 Å². The third kappa shape index (κ3) is 2.12. The van der Waals surface area contributed by atoms with Crippen LogP contribution in [0.2, 0.25) is 0 Å². The number of rotatable bonds is 3. The average molecular weight is 253 g/mol. The summed E-state index contributed by atoms with van der Waals surface area (Å²) in [5, 5.41) is 3.11. The molecule has 0 radical (unpaired) electrons. The maximum Gasteiger partial charge on any atom is 0.139 e. The minimum Gasteiger partial charge on any atom is -0.497 e. The molecule has 0 unspecified atom stereocenters. The molecule has 3 aromatic rings. The first-order valence-corrected chi connectivity index (χ1v) is 6.11. The molecule has 2 aromatic heterocycles. The molecule has 1 aromatic carbocycles. The first-order chi connectivity index (χ1) is 9.30. The summed E-state index contributed by atoms with van der Waals surface area (Å²) in [5.74, 6) is 0.838. The van der Waals surface area contributed by atoms with Gasteiger partial charge in [-0.2, -0.15) is 0 Å². The van der Waals surface area contributed by atoms with Gasteiger partial charge in [0, 0.05) is 36.8 Å². The highest BCUT2D eigenvalue weighted by atomic mass is 16.5. The van der Waals surface area contributed by atoms with E-state index in [0.29, 0.717) is 0 Å². The molecule has 0 atom stereocenters. The van der Waals surface area contributed by atoms with E-state index >= 15 is 0 Å². The third-order valence-electron chi connectivity index (χ3n) is 3.11. The molecule has 2 heterocycles. The molecule has 0 bridgehead atoms. The fourth-order valence-corrected chi connectivity index (χ4v) is 2.06. The van der Waals surface area contributed by atoms with E-state index in [9.17, 15) is 0 Å².